The van der Waals surface area contributed by atoms with E-state index in [9.17, 15) is 4.79 Å². The highest BCUT2D eigenvalue weighted by Gasteiger charge is 2.38. The summed E-state index contributed by atoms with van der Waals surface area (Å²) in [5, 5.41) is 13.5. The minimum atomic E-state index is -0.188. The van der Waals surface area contributed by atoms with Gasteiger partial charge >= 0.3 is 0 Å². The van der Waals surface area contributed by atoms with Gasteiger partial charge in [0, 0.05) is 23.5 Å². The highest BCUT2D eigenvalue weighted by molar-refractivity contribution is 5.90. The Morgan fingerprint density at radius 3 is 2.48 bits per heavy atom. The molecule has 0 aromatic carbocycles. The summed E-state index contributed by atoms with van der Waals surface area (Å²) in [6.45, 7) is 10.7. The van der Waals surface area contributed by atoms with Gasteiger partial charge in [0.2, 0.25) is 5.82 Å². The highest BCUT2D eigenvalue weighted by Crippen LogP contribution is 2.28. The Kier molecular flexibility index (Phi) is 4.37. The number of nitrogens with zero attached hydrogens (tertiary/aromatic N) is 2. The maximum Gasteiger partial charge on any atom is 0.291 e. The lowest BCUT2D eigenvalue weighted by atomic mass is 9.79. The summed E-state index contributed by atoms with van der Waals surface area (Å²) >= 11 is 0. The van der Waals surface area contributed by atoms with Crippen molar-refractivity contribution in [2.75, 3.05) is 0 Å². The van der Waals surface area contributed by atoms with Gasteiger partial charge < -0.3 is 10.6 Å². The van der Waals surface area contributed by atoms with Crippen LogP contribution in [0, 0.1) is 0 Å². The van der Waals surface area contributed by atoms with Crippen LogP contribution < -0.4 is 10.6 Å². The fourth-order valence-electron chi connectivity index (χ4n) is 3.42. The van der Waals surface area contributed by atoms with Crippen molar-refractivity contribution in [3.05, 3.63) is 11.6 Å². The van der Waals surface area contributed by atoms with Crippen molar-refractivity contribution in [2.45, 2.75) is 77.4 Å². The quantitative estimate of drug-likeness (QED) is 0.790. The molecule has 1 amide bonds. The summed E-state index contributed by atoms with van der Waals surface area (Å²) < 4.78 is 0. The molecule has 21 heavy (non-hydrogen) atoms. The zero-order valence-electron chi connectivity index (χ0n) is 13.7. The first-order chi connectivity index (χ1) is 9.71. The fourth-order valence-corrected chi connectivity index (χ4v) is 3.42. The standard InChI is InChI=1S/C15H27N5O/c1-6-7-11-17-12(19-18-11)13(21)16-10-8-14(2,3)20-15(4,5)9-10/h10,20H,6-9H2,1-5H3,(H,16,21)(H,17,18,19). The molecule has 1 saturated heterocycles. The maximum absolute atomic E-state index is 12.3. The van der Waals surface area contributed by atoms with Crippen LogP contribution in [0.3, 0.4) is 0 Å². The van der Waals surface area contributed by atoms with Crippen LogP contribution in [0.1, 0.15) is 70.3 Å². The van der Waals surface area contributed by atoms with Gasteiger partial charge in [0.1, 0.15) is 5.82 Å². The van der Waals surface area contributed by atoms with Gasteiger partial charge in [-0.2, -0.15) is 0 Å². The van der Waals surface area contributed by atoms with Crippen molar-refractivity contribution < 1.29 is 4.79 Å². The van der Waals surface area contributed by atoms with E-state index in [-0.39, 0.29) is 28.9 Å². The molecular formula is C15H27N5O. The first-order valence-corrected chi connectivity index (χ1v) is 7.72. The SMILES string of the molecule is CCCc1nc(C(=O)NC2CC(C)(C)NC(C)(C)C2)n[nH]1. The number of carbonyl (C=O) groups is 1. The topological polar surface area (TPSA) is 82.7 Å². The molecule has 0 bridgehead atoms. The fraction of sp³-hybridized carbons (Fsp3) is 0.800. The number of H-pyrrole nitrogens is 1. The van der Waals surface area contributed by atoms with E-state index in [1.165, 1.54) is 0 Å². The third-order valence-corrected chi connectivity index (χ3v) is 3.75. The second-order valence-electron chi connectivity index (χ2n) is 7.33. The third kappa shape index (κ3) is 4.27. The molecule has 1 aliphatic rings. The molecule has 6 heteroatoms. The largest absolute Gasteiger partial charge is 0.346 e. The Morgan fingerprint density at radius 1 is 1.29 bits per heavy atom. The maximum atomic E-state index is 12.3. The Bertz CT molecular complexity index is 490. The van der Waals surface area contributed by atoms with Crippen molar-refractivity contribution in [3.8, 4) is 0 Å². The van der Waals surface area contributed by atoms with E-state index >= 15 is 0 Å². The average molecular weight is 293 g/mol. The van der Waals surface area contributed by atoms with E-state index in [0.29, 0.717) is 0 Å². The van der Waals surface area contributed by atoms with E-state index < -0.39 is 0 Å². The lowest BCUT2D eigenvalue weighted by Gasteiger charge is -2.46. The summed E-state index contributed by atoms with van der Waals surface area (Å²) in [6, 6.07) is 0.136. The number of carbonyl (C=O) groups excluding carboxylic acids is 1. The second-order valence-corrected chi connectivity index (χ2v) is 7.33. The Morgan fingerprint density at radius 2 is 1.90 bits per heavy atom. The number of piperidine rings is 1. The molecule has 3 N–H and O–H groups in total. The van der Waals surface area contributed by atoms with Crippen molar-refractivity contribution in [2.24, 2.45) is 0 Å². The van der Waals surface area contributed by atoms with Gasteiger partial charge in [-0.05, 0) is 47.0 Å². The number of hydrogen-bond acceptors (Lipinski definition) is 4. The Balaban J connectivity index is 2.01. The lowest BCUT2D eigenvalue weighted by molar-refractivity contribution is 0.0863. The minimum absolute atomic E-state index is 0.00602. The van der Waals surface area contributed by atoms with E-state index in [2.05, 4.69) is 60.4 Å². The van der Waals surface area contributed by atoms with Gasteiger partial charge in [0.05, 0.1) is 0 Å². The van der Waals surface area contributed by atoms with E-state index in [4.69, 9.17) is 0 Å². The van der Waals surface area contributed by atoms with Crippen molar-refractivity contribution >= 4 is 5.91 Å². The van der Waals surface area contributed by atoms with Gasteiger partial charge in [0.25, 0.3) is 5.91 Å². The molecule has 2 heterocycles. The van der Waals surface area contributed by atoms with Crippen LogP contribution in [0.15, 0.2) is 0 Å². The molecule has 1 aromatic heterocycles. The zero-order chi connectivity index (χ0) is 15.7. The number of amides is 1. The van der Waals surface area contributed by atoms with Crippen LogP contribution in [0.5, 0.6) is 0 Å². The molecule has 2 rings (SSSR count). The predicted octanol–water partition coefficient (Wildman–Crippen LogP) is 1.80. The van der Waals surface area contributed by atoms with Gasteiger partial charge in [-0.1, -0.05) is 6.92 Å². The molecular weight excluding hydrogens is 266 g/mol. The molecule has 118 valence electrons. The number of aromatic nitrogens is 3. The van der Waals surface area contributed by atoms with Crippen LogP contribution in [-0.2, 0) is 6.42 Å². The molecule has 0 aliphatic carbocycles. The summed E-state index contributed by atoms with van der Waals surface area (Å²) in [5.74, 6) is 0.827. The van der Waals surface area contributed by atoms with Gasteiger partial charge in [-0.3, -0.25) is 9.89 Å². The van der Waals surface area contributed by atoms with Crippen LogP contribution in [0.2, 0.25) is 0 Å². The van der Waals surface area contributed by atoms with Gasteiger partial charge in [-0.25, -0.2) is 4.98 Å². The Hall–Kier alpha value is -1.43. The molecule has 0 radical (unpaired) electrons. The Labute approximate surface area is 126 Å². The van der Waals surface area contributed by atoms with Crippen LogP contribution >= 0.6 is 0 Å². The molecule has 1 aliphatic heterocycles. The normalized spacial score (nSPS) is 21.2. The van der Waals surface area contributed by atoms with Crippen molar-refractivity contribution in [1.82, 2.24) is 25.8 Å². The molecule has 1 fully saturated rings. The van der Waals surface area contributed by atoms with E-state index in [0.717, 1.165) is 31.5 Å². The lowest BCUT2D eigenvalue weighted by Crippen LogP contribution is -2.62. The molecule has 0 spiro atoms. The van der Waals surface area contributed by atoms with Crippen molar-refractivity contribution in [1.29, 1.82) is 0 Å². The van der Waals surface area contributed by atoms with Gasteiger partial charge in [-0.15, -0.1) is 5.10 Å². The second kappa shape index (κ2) is 5.75. The number of aromatic amines is 1. The van der Waals surface area contributed by atoms with Crippen LogP contribution in [-0.4, -0.2) is 38.2 Å². The molecule has 0 saturated carbocycles. The number of rotatable bonds is 4. The molecule has 0 atom stereocenters. The summed E-state index contributed by atoms with van der Waals surface area (Å²) in [5.41, 5.74) is 0.0120. The average Bonchev–Trinajstić information content (AvgIpc) is 2.73. The first kappa shape index (κ1) is 15.9. The zero-order valence-corrected chi connectivity index (χ0v) is 13.7. The monoisotopic (exact) mass is 293 g/mol. The van der Waals surface area contributed by atoms with E-state index in [1.807, 2.05) is 0 Å². The van der Waals surface area contributed by atoms with Crippen LogP contribution in [0.25, 0.3) is 0 Å². The van der Waals surface area contributed by atoms with Crippen LogP contribution in [0.4, 0.5) is 0 Å². The van der Waals surface area contributed by atoms with Crippen molar-refractivity contribution in [3.63, 3.8) is 0 Å². The molecule has 6 nitrogen and oxygen atoms in total. The highest BCUT2D eigenvalue weighted by atomic mass is 16.2. The minimum Gasteiger partial charge on any atom is -0.346 e. The number of aryl methyl sites for hydroxylation is 1. The van der Waals surface area contributed by atoms with Gasteiger partial charge in [0.15, 0.2) is 0 Å². The predicted molar refractivity (Wildman–Crippen MR) is 82.2 cm³/mol. The summed E-state index contributed by atoms with van der Waals surface area (Å²) in [6.07, 6.45) is 3.59. The summed E-state index contributed by atoms with van der Waals surface area (Å²) in [7, 11) is 0. The smallest absolute Gasteiger partial charge is 0.291 e. The summed E-state index contributed by atoms with van der Waals surface area (Å²) in [4.78, 5) is 16.5. The third-order valence-electron chi connectivity index (χ3n) is 3.75. The first-order valence-electron chi connectivity index (χ1n) is 7.72. The molecule has 0 unspecified atom stereocenters. The molecule has 1 aromatic rings. The number of nitrogens with one attached hydrogen (secondary N) is 3. The number of hydrogen-bond donors (Lipinski definition) is 3. The van der Waals surface area contributed by atoms with E-state index in [1.54, 1.807) is 0 Å².